The molecule has 326 valence electrons. The Morgan fingerprint density at radius 2 is 0.533 bits per heavy atom. The van der Waals surface area contributed by atoms with E-state index >= 15 is 35.1 Å². The summed E-state index contributed by atoms with van der Waals surface area (Å²) < 4.78 is 296. The van der Waals surface area contributed by atoms with Crippen LogP contribution in [0.1, 0.15) is 6.42 Å². The topological polar surface area (TPSA) is 0 Å². The fraction of sp³-hybridized carbons (Fsp3) is 0.222. The Bertz CT molecular complexity index is 2110. The Kier molecular flexibility index (Phi) is 13.4. The molecule has 60 heavy (non-hydrogen) atoms. The van der Waals surface area contributed by atoms with Crippen LogP contribution < -0.4 is 21.9 Å². The van der Waals surface area contributed by atoms with Crippen LogP contribution in [0, 0.1) is 116 Å². The molecule has 1 aliphatic carbocycles. The largest absolute Gasteiger partial charge is 0.207 e. The van der Waals surface area contributed by atoms with Gasteiger partial charge in [-0.3, -0.25) is 0 Å². The van der Waals surface area contributed by atoms with Crippen LogP contribution in [-0.4, -0.2) is 18.0 Å². The molecule has 24 heteroatoms. The van der Waals surface area contributed by atoms with Crippen molar-refractivity contribution in [3.63, 3.8) is 0 Å². The van der Waals surface area contributed by atoms with E-state index in [9.17, 15) is 52.7 Å². The monoisotopic (exact) mass is 953 g/mol. The van der Waals surface area contributed by atoms with E-state index in [2.05, 4.69) is 62.7 Å². The number of rotatable bonds is 7. The quantitative estimate of drug-likeness (QED) is 0.0750. The number of hydrogen-bond acceptors (Lipinski definition) is 0. The predicted octanol–water partition coefficient (Wildman–Crippen LogP) is 10.5. The van der Waals surface area contributed by atoms with Crippen LogP contribution in [0.5, 0.6) is 0 Å². The van der Waals surface area contributed by atoms with Gasteiger partial charge < -0.3 is 0 Å². The van der Waals surface area contributed by atoms with Crippen molar-refractivity contribution in [3.05, 3.63) is 138 Å². The van der Waals surface area contributed by atoms with Crippen LogP contribution in [-0.2, 0) is 15.1 Å². The summed E-state index contributed by atoms with van der Waals surface area (Å²) in [6.45, 7) is 15.7. The zero-order chi connectivity index (χ0) is 46.3. The van der Waals surface area contributed by atoms with Gasteiger partial charge in [-0.25, -0.2) is 87.8 Å². The first kappa shape index (κ1) is 48.8. The smallest absolute Gasteiger partial charge is 0.200 e. The van der Waals surface area contributed by atoms with E-state index < -0.39 is 171 Å². The minimum atomic E-state index is -7.22. The minimum absolute atomic E-state index is 0.970. The molecular weight excluding hydrogens is 927 g/mol. The summed E-state index contributed by atoms with van der Waals surface area (Å²) in [6, 6.07) is 0. The van der Waals surface area contributed by atoms with Gasteiger partial charge in [-0.15, -0.1) is 21.9 Å². The number of halogens is 20. The van der Waals surface area contributed by atoms with Gasteiger partial charge in [-0.2, -0.15) is 0 Å². The maximum atomic E-state index is 15.4. The second-order valence-corrected chi connectivity index (χ2v) is 53.6. The molecule has 0 bridgehead atoms. The van der Waals surface area contributed by atoms with Crippen LogP contribution in [0.25, 0.3) is 0 Å². The number of allylic oxidation sites excluding steroid dienone is 4. The van der Waals surface area contributed by atoms with Crippen molar-refractivity contribution in [3.8, 4) is 0 Å². The van der Waals surface area contributed by atoms with Gasteiger partial charge in [-0.05, 0) is 0 Å². The molecule has 4 aromatic carbocycles. The van der Waals surface area contributed by atoms with Crippen LogP contribution in [0.2, 0.25) is 44.5 Å². The zero-order valence-corrected chi connectivity index (χ0v) is 35.1. The van der Waals surface area contributed by atoms with Crippen molar-refractivity contribution >= 4 is 39.9 Å². The third-order valence-electron chi connectivity index (χ3n) is 11.1. The van der Waals surface area contributed by atoms with Gasteiger partial charge in [0, 0.05) is 0 Å². The Balaban J connectivity index is 0.000000445. The van der Waals surface area contributed by atoms with Gasteiger partial charge in [0.2, 0.25) is 0 Å². The molecule has 0 unspecified atom stereocenters. The summed E-state index contributed by atoms with van der Waals surface area (Å²) in [6.07, 6.45) is 1.19. The first-order valence-corrected chi connectivity index (χ1v) is 30.9. The summed E-state index contributed by atoms with van der Waals surface area (Å²) in [5.74, 6) is -73.3. The molecule has 0 saturated carbocycles. The van der Waals surface area contributed by atoms with Gasteiger partial charge in [0.05, 0.1) is 0 Å². The second kappa shape index (κ2) is 16.5. The fourth-order valence-electron chi connectivity index (χ4n) is 7.78. The third kappa shape index (κ3) is 7.07. The summed E-state index contributed by atoms with van der Waals surface area (Å²) in [5, 5.41) is 2.73. The molecule has 0 nitrogen and oxygen atoms in total. The standard InChI is InChI=1S/C24BF20.C5H5.2C3H9Si.CH3.Ti/c26-5-1(6(27)14(35)21(42)13(5)34)25(2-7(28)15(36)22(43)16(37)8(2)29,3-9(30)17(38)23(44)18(39)10(3)31)4-11(32)19(40)24(45)20(41)12(4)33;1-2-4-5-3-1;2*1-4(2)3;;/h;1-3H,4H2;2*1-3H3;1H3;/q-1;;;;;. The average molecular weight is 953 g/mol. The van der Waals surface area contributed by atoms with Crippen LogP contribution >= 0.6 is 0 Å². The van der Waals surface area contributed by atoms with Crippen LogP contribution in [0.4, 0.5) is 87.8 Å². The van der Waals surface area contributed by atoms with E-state index in [-0.39, 0.29) is 0 Å². The molecule has 0 heterocycles. The molecule has 0 aromatic heterocycles. The summed E-state index contributed by atoms with van der Waals surface area (Å²) >= 11 is -1.73. The van der Waals surface area contributed by atoms with E-state index in [0.717, 1.165) is 0 Å². The predicted molar refractivity (Wildman–Crippen MR) is 184 cm³/mol. The molecule has 0 aliphatic heterocycles. The molecule has 1 aliphatic rings. The Morgan fingerprint density at radius 1 is 0.350 bits per heavy atom. The van der Waals surface area contributed by atoms with E-state index in [4.69, 9.17) is 0 Å². The number of benzene rings is 4. The molecule has 5 rings (SSSR count). The first-order chi connectivity index (χ1) is 27.3. The third-order valence-corrected chi connectivity index (χ3v) is 69.0. The van der Waals surface area contributed by atoms with Gasteiger partial charge in [-0.1, -0.05) is 0 Å². The van der Waals surface area contributed by atoms with Crippen LogP contribution in [0.15, 0.2) is 22.1 Å². The van der Waals surface area contributed by atoms with Crippen molar-refractivity contribution < 1.29 is 103 Å². The van der Waals surface area contributed by atoms with Gasteiger partial charge in [0.1, 0.15) is 52.7 Å². The maximum Gasteiger partial charge on any atom is 0.200 e. The molecule has 0 spiro atoms. The van der Waals surface area contributed by atoms with E-state index in [1.54, 1.807) is 0 Å². The van der Waals surface area contributed by atoms with E-state index in [0.29, 0.717) is 0 Å². The Hall–Kier alpha value is -3.83. The van der Waals surface area contributed by atoms with Crippen molar-refractivity contribution in [1.82, 2.24) is 0 Å². The zero-order valence-electron chi connectivity index (χ0n) is 31.6. The first-order valence-electron chi connectivity index (χ1n) is 16.9. The average Bonchev–Trinajstić information content (AvgIpc) is 3.72. The fourth-order valence-corrected chi connectivity index (χ4v) is 62.4. The minimum Gasteiger partial charge on any atom is -0.207 e. The van der Waals surface area contributed by atoms with E-state index in [1.165, 1.54) is 6.42 Å². The Morgan fingerprint density at radius 3 is 0.683 bits per heavy atom. The molecule has 4 aromatic rings. The molecule has 0 N–H and O–H groups in total. The number of hydrogen-bond donors (Lipinski definition) is 0. The van der Waals surface area contributed by atoms with E-state index in [1.807, 2.05) is 3.88 Å². The van der Waals surface area contributed by atoms with Crippen molar-refractivity contribution in [1.29, 1.82) is 0 Å². The Labute approximate surface area is 331 Å². The second-order valence-electron chi connectivity index (χ2n) is 15.7. The van der Waals surface area contributed by atoms with Gasteiger partial charge in [0.15, 0.2) is 69.8 Å². The summed E-state index contributed by atoms with van der Waals surface area (Å²) in [7, 11) is 0. The summed E-state index contributed by atoms with van der Waals surface area (Å²) in [4.78, 5) is 0. The molecular formula is C36H26BF20Si2Ti-. The molecule has 0 radical (unpaired) electrons. The van der Waals surface area contributed by atoms with Crippen molar-refractivity contribution in [2.45, 2.75) is 50.9 Å². The van der Waals surface area contributed by atoms with Gasteiger partial charge in [0.25, 0.3) is 0 Å². The SMILES string of the molecule is C[Si](C)(C)[Ti]([CH3])([C]1=CC=CC1)[Si](C)(C)C.Fc1c(F)c(F)c([B-](c2c(F)c(F)c(F)c(F)c2F)(c2c(F)c(F)c(F)c(F)c2F)c2c(F)c(F)c(F)c(F)c2F)c(F)c1F. The normalized spacial score (nSPS) is 13.6. The molecule has 0 fully saturated rings. The molecule has 0 atom stereocenters. The van der Waals surface area contributed by atoms with Crippen molar-refractivity contribution in [2.75, 3.05) is 0 Å². The maximum absolute atomic E-state index is 15.4. The molecule has 0 amide bonds. The van der Waals surface area contributed by atoms with Crippen LogP contribution in [0.3, 0.4) is 0 Å². The van der Waals surface area contributed by atoms with Crippen molar-refractivity contribution in [2.24, 2.45) is 0 Å². The molecule has 0 saturated heterocycles. The summed E-state index contributed by atoms with van der Waals surface area (Å²) in [5.41, 5.74) is -14.3. The van der Waals surface area contributed by atoms with Gasteiger partial charge >= 0.3 is 100 Å².